The normalized spacial score (nSPS) is 11.6. The fraction of sp³-hybridized carbons (Fsp3) is 0.250. The van der Waals surface area contributed by atoms with Gasteiger partial charge in [-0.05, 0) is 6.07 Å². The van der Waals surface area contributed by atoms with Crippen molar-refractivity contribution in [2.45, 2.75) is 12.7 Å². The summed E-state index contributed by atoms with van der Waals surface area (Å²) in [6.45, 7) is 0.279. The molecule has 0 aliphatic heterocycles. The number of hydrogen-bond acceptors (Lipinski definition) is 5. The number of nitrogens with one attached hydrogen (secondary N) is 1. The van der Waals surface area contributed by atoms with Crippen LogP contribution in [0.25, 0.3) is 5.65 Å². The Morgan fingerprint density at radius 3 is 2.68 bits per heavy atom. The van der Waals surface area contributed by atoms with E-state index in [0.717, 1.165) is 11.8 Å². The number of methoxy groups -OCH3 is 2. The monoisotopic (exact) mass is 352 g/mol. The van der Waals surface area contributed by atoms with E-state index in [1.54, 1.807) is 12.1 Å². The van der Waals surface area contributed by atoms with Crippen LogP contribution in [0.3, 0.4) is 0 Å². The van der Waals surface area contributed by atoms with Crippen LogP contribution in [0.5, 0.6) is 11.5 Å². The molecule has 0 atom stereocenters. The molecule has 0 bridgehead atoms. The molecule has 0 unspecified atom stereocenters. The molecule has 1 aromatic carbocycles. The Labute approximate surface area is 141 Å². The Bertz CT molecular complexity index is 893. The van der Waals surface area contributed by atoms with Gasteiger partial charge in [-0.1, -0.05) is 12.1 Å². The van der Waals surface area contributed by atoms with E-state index in [4.69, 9.17) is 9.47 Å². The van der Waals surface area contributed by atoms with Gasteiger partial charge in [0.1, 0.15) is 0 Å². The van der Waals surface area contributed by atoms with Crippen LogP contribution < -0.4 is 14.8 Å². The smallest absolute Gasteiger partial charge is 0.434 e. The van der Waals surface area contributed by atoms with Gasteiger partial charge in [0.2, 0.25) is 0 Å². The van der Waals surface area contributed by atoms with Crippen molar-refractivity contribution in [3.63, 3.8) is 0 Å². The fourth-order valence-electron chi connectivity index (χ4n) is 2.45. The number of anilines is 1. The Hall–Kier alpha value is -2.97. The van der Waals surface area contributed by atoms with Crippen LogP contribution in [0.2, 0.25) is 0 Å². The van der Waals surface area contributed by atoms with Crippen molar-refractivity contribution < 1.29 is 22.6 Å². The third-order valence-corrected chi connectivity index (χ3v) is 3.60. The molecule has 1 N–H and O–H groups in total. The van der Waals surface area contributed by atoms with Crippen molar-refractivity contribution in [1.29, 1.82) is 0 Å². The number of aromatic nitrogens is 3. The quantitative estimate of drug-likeness (QED) is 0.763. The van der Waals surface area contributed by atoms with Crippen molar-refractivity contribution in [3.8, 4) is 11.5 Å². The summed E-state index contributed by atoms with van der Waals surface area (Å²) >= 11 is 0. The number of para-hydroxylation sites is 1. The molecule has 9 heteroatoms. The van der Waals surface area contributed by atoms with Gasteiger partial charge >= 0.3 is 6.18 Å². The molecule has 3 rings (SSSR count). The lowest BCUT2D eigenvalue weighted by molar-refractivity contribution is -0.140. The minimum Gasteiger partial charge on any atom is -0.493 e. The Balaban J connectivity index is 1.91. The Morgan fingerprint density at radius 2 is 2.00 bits per heavy atom. The number of halogens is 3. The maximum Gasteiger partial charge on any atom is 0.434 e. The van der Waals surface area contributed by atoms with Gasteiger partial charge in [-0.15, -0.1) is 0 Å². The highest BCUT2D eigenvalue weighted by Crippen LogP contribution is 2.32. The number of ether oxygens (including phenoxy) is 2. The number of imidazole rings is 1. The predicted octanol–water partition coefficient (Wildman–Crippen LogP) is 3.38. The summed E-state index contributed by atoms with van der Waals surface area (Å²) in [5.74, 6) is 1.35. The van der Waals surface area contributed by atoms with Crippen molar-refractivity contribution in [1.82, 2.24) is 14.4 Å². The molecule has 0 aliphatic carbocycles. The first-order valence-corrected chi connectivity index (χ1v) is 7.28. The number of rotatable bonds is 5. The molecule has 0 aliphatic rings. The molecular formula is C16H15F3N4O2. The third-order valence-electron chi connectivity index (χ3n) is 3.60. The second kappa shape index (κ2) is 6.50. The molecule has 0 amide bonds. The van der Waals surface area contributed by atoms with E-state index in [1.165, 1.54) is 31.0 Å². The highest BCUT2D eigenvalue weighted by molar-refractivity contribution is 5.63. The summed E-state index contributed by atoms with van der Waals surface area (Å²) in [4.78, 5) is 7.71. The van der Waals surface area contributed by atoms with Gasteiger partial charge in [0.05, 0.1) is 14.2 Å². The molecule has 0 saturated heterocycles. The second-order valence-corrected chi connectivity index (χ2v) is 5.14. The summed E-state index contributed by atoms with van der Waals surface area (Å²) in [7, 11) is 3.05. The van der Waals surface area contributed by atoms with Crippen LogP contribution in [0.15, 0.2) is 36.8 Å². The maximum atomic E-state index is 12.8. The molecule has 132 valence electrons. The lowest BCUT2D eigenvalue weighted by atomic mass is 10.2. The van der Waals surface area contributed by atoms with E-state index < -0.39 is 11.9 Å². The Kier molecular flexibility index (Phi) is 4.39. The molecule has 3 aromatic rings. The predicted molar refractivity (Wildman–Crippen MR) is 84.9 cm³/mol. The summed E-state index contributed by atoms with van der Waals surface area (Å²) in [5.41, 5.74) is -0.104. The van der Waals surface area contributed by atoms with E-state index in [-0.39, 0.29) is 18.0 Å². The minimum absolute atomic E-state index is 0.0942. The summed E-state index contributed by atoms with van der Waals surface area (Å²) < 4.78 is 50.4. The highest BCUT2D eigenvalue weighted by Gasteiger charge is 2.34. The average molecular weight is 352 g/mol. The topological polar surface area (TPSA) is 60.7 Å². The van der Waals surface area contributed by atoms with Crippen LogP contribution in [-0.4, -0.2) is 28.6 Å². The van der Waals surface area contributed by atoms with Gasteiger partial charge in [-0.3, -0.25) is 0 Å². The van der Waals surface area contributed by atoms with Crippen molar-refractivity contribution in [2.75, 3.05) is 19.5 Å². The van der Waals surface area contributed by atoms with Crippen molar-refractivity contribution >= 4 is 11.5 Å². The van der Waals surface area contributed by atoms with E-state index >= 15 is 0 Å². The van der Waals surface area contributed by atoms with Crippen LogP contribution in [-0.2, 0) is 12.7 Å². The summed E-state index contributed by atoms with van der Waals surface area (Å²) in [6, 6.07) is 5.37. The fourth-order valence-corrected chi connectivity index (χ4v) is 2.45. The number of fused-ring (bicyclic) bond motifs is 1. The lowest BCUT2D eigenvalue weighted by Crippen LogP contribution is -2.06. The number of alkyl halides is 3. The van der Waals surface area contributed by atoms with Crippen LogP contribution in [0.1, 0.15) is 11.3 Å². The number of benzene rings is 1. The van der Waals surface area contributed by atoms with Gasteiger partial charge in [0.25, 0.3) is 0 Å². The van der Waals surface area contributed by atoms with E-state index in [9.17, 15) is 13.2 Å². The molecule has 2 heterocycles. The van der Waals surface area contributed by atoms with Gasteiger partial charge < -0.3 is 19.2 Å². The van der Waals surface area contributed by atoms with E-state index in [0.29, 0.717) is 11.5 Å². The summed E-state index contributed by atoms with van der Waals surface area (Å²) in [6.07, 6.45) is -0.775. The van der Waals surface area contributed by atoms with Crippen LogP contribution in [0.4, 0.5) is 19.0 Å². The number of hydrogen-bond donors (Lipinski definition) is 1. The average Bonchev–Trinajstić information content (AvgIpc) is 3.04. The largest absolute Gasteiger partial charge is 0.493 e. The minimum atomic E-state index is -4.51. The highest BCUT2D eigenvalue weighted by atomic mass is 19.4. The van der Waals surface area contributed by atoms with E-state index in [2.05, 4.69) is 15.3 Å². The zero-order chi connectivity index (χ0) is 18.0. The molecule has 0 fully saturated rings. The third kappa shape index (κ3) is 3.30. The summed E-state index contributed by atoms with van der Waals surface area (Å²) in [5, 5.41) is 3.00. The van der Waals surface area contributed by atoms with Gasteiger partial charge in [-0.2, -0.15) is 13.2 Å². The van der Waals surface area contributed by atoms with Gasteiger partial charge in [0, 0.05) is 30.7 Å². The van der Waals surface area contributed by atoms with Crippen molar-refractivity contribution in [2.24, 2.45) is 0 Å². The van der Waals surface area contributed by atoms with Gasteiger partial charge in [0.15, 0.2) is 28.7 Å². The zero-order valence-corrected chi connectivity index (χ0v) is 13.5. The number of nitrogens with zero attached hydrogens (tertiary/aromatic N) is 3. The Morgan fingerprint density at radius 1 is 1.20 bits per heavy atom. The zero-order valence-electron chi connectivity index (χ0n) is 13.5. The molecule has 0 radical (unpaired) electrons. The molecule has 0 saturated carbocycles. The molecule has 25 heavy (non-hydrogen) atoms. The van der Waals surface area contributed by atoms with Crippen LogP contribution in [0, 0.1) is 0 Å². The molecule has 0 spiro atoms. The maximum absolute atomic E-state index is 12.8. The molecule has 2 aromatic heterocycles. The van der Waals surface area contributed by atoms with Crippen LogP contribution >= 0.6 is 0 Å². The standard InChI is InChI=1S/C16H15F3N4O2/c1-24-11-5-3-4-10(13(11)25-2)8-21-14-15-22-12(16(17,18)19)9-23(15)7-6-20-14/h3-7,9H,8H2,1-2H3,(H,20,21). The van der Waals surface area contributed by atoms with E-state index in [1.807, 2.05) is 6.07 Å². The first-order valence-electron chi connectivity index (χ1n) is 7.28. The van der Waals surface area contributed by atoms with Crippen molar-refractivity contribution in [3.05, 3.63) is 48.0 Å². The van der Waals surface area contributed by atoms with Gasteiger partial charge in [-0.25, -0.2) is 9.97 Å². The first-order chi connectivity index (χ1) is 11.9. The molecular weight excluding hydrogens is 337 g/mol. The molecule has 6 nitrogen and oxygen atoms in total. The second-order valence-electron chi connectivity index (χ2n) is 5.14. The lowest BCUT2D eigenvalue weighted by Gasteiger charge is -2.13. The SMILES string of the molecule is COc1cccc(CNc2nccn3cc(C(F)(F)F)nc23)c1OC. The first kappa shape index (κ1) is 16.9.